The van der Waals surface area contributed by atoms with Gasteiger partial charge in [-0.25, -0.2) is 4.79 Å². The number of hydrogen-bond acceptors (Lipinski definition) is 10. The maximum atomic E-state index is 12.9. The number of ether oxygens (including phenoxy) is 2. The lowest BCUT2D eigenvalue weighted by atomic mass is 10.2. The summed E-state index contributed by atoms with van der Waals surface area (Å²) in [6, 6.07) is 3.26. The van der Waals surface area contributed by atoms with Crippen LogP contribution in [0.2, 0.25) is 0 Å². The number of aromatic nitrogens is 6. The lowest BCUT2D eigenvalue weighted by Crippen LogP contribution is -2.20. The van der Waals surface area contributed by atoms with E-state index in [0.29, 0.717) is 27.6 Å². The molecule has 10 nitrogen and oxygen atoms in total. The molecule has 0 saturated heterocycles. The molecule has 0 aliphatic rings. The summed E-state index contributed by atoms with van der Waals surface area (Å²) in [4.78, 5) is 14.4. The highest BCUT2D eigenvalue weighted by Crippen LogP contribution is 2.35. The first-order valence-electron chi connectivity index (χ1n) is 9.65. The number of halogens is 4. The molecule has 0 radical (unpaired) electrons. The lowest BCUT2D eigenvalue weighted by Gasteiger charge is -2.16. The number of esters is 1. The molecule has 15 heteroatoms. The van der Waals surface area contributed by atoms with Gasteiger partial charge in [-0.3, -0.25) is 0 Å². The van der Waals surface area contributed by atoms with Crippen molar-refractivity contribution < 1.29 is 27.4 Å². The van der Waals surface area contributed by atoms with Crippen molar-refractivity contribution in [2.75, 3.05) is 31.7 Å². The second-order valence-electron chi connectivity index (χ2n) is 6.60. The maximum Gasteiger partial charge on any atom is 0.416 e. The van der Waals surface area contributed by atoms with E-state index in [2.05, 4.69) is 41.5 Å². The number of rotatable bonds is 10. The molecule has 0 unspecified atom stereocenters. The summed E-state index contributed by atoms with van der Waals surface area (Å²) in [6.45, 7) is 2.53. The van der Waals surface area contributed by atoms with Crippen molar-refractivity contribution in [3.05, 3.63) is 28.2 Å². The highest BCUT2D eigenvalue weighted by Gasteiger charge is 2.31. The van der Waals surface area contributed by atoms with Crippen molar-refractivity contribution in [2.24, 2.45) is 0 Å². The molecule has 2 aromatic heterocycles. The van der Waals surface area contributed by atoms with Crippen molar-refractivity contribution in [1.82, 2.24) is 30.4 Å². The van der Waals surface area contributed by atoms with Gasteiger partial charge < -0.3 is 14.4 Å². The summed E-state index contributed by atoms with van der Waals surface area (Å²) in [5.74, 6) is -0.115. The quantitative estimate of drug-likeness (QED) is 0.277. The first-order valence-corrected chi connectivity index (χ1v) is 11.3. The van der Waals surface area contributed by atoms with Gasteiger partial charge in [0.2, 0.25) is 11.0 Å². The summed E-state index contributed by atoms with van der Waals surface area (Å²) in [5.41, 5.74) is -0.771. The topological polar surface area (TPSA) is 108 Å². The molecule has 0 fully saturated rings. The van der Waals surface area contributed by atoms with E-state index < -0.39 is 17.7 Å². The largest absolute Gasteiger partial charge is 0.492 e. The molecule has 0 amide bonds. The van der Waals surface area contributed by atoms with Crippen LogP contribution in [0.4, 0.5) is 18.3 Å². The van der Waals surface area contributed by atoms with Gasteiger partial charge in [0.25, 0.3) is 0 Å². The van der Waals surface area contributed by atoms with Crippen molar-refractivity contribution in [1.29, 1.82) is 0 Å². The van der Waals surface area contributed by atoms with Gasteiger partial charge in [-0.2, -0.15) is 18.0 Å². The molecular formula is C18H19BrF3N7O3S. The molecule has 0 bridgehead atoms. The Balaban J connectivity index is 1.51. The minimum absolute atomic E-state index is 0.127. The van der Waals surface area contributed by atoms with E-state index in [1.54, 1.807) is 14.0 Å². The van der Waals surface area contributed by atoms with E-state index >= 15 is 0 Å². The maximum absolute atomic E-state index is 12.9. The van der Waals surface area contributed by atoms with E-state index in [1.807, 2.05) is 4.90 Å². The van der Waals surface area contributed by atoms with Gasteiger partial charge in [-0.15, -0.1) is 20.4 Å². The fourth-order valence-corrected chi connectivity index (χ4v) is 3.67. The predicted molar refractivity (Wildman–Crippen MR) is 116 cm³/mol. The number of benzene rings is 1. The molecule has 0 N–H and O–H groups in total. The smallest absolute Gasteiger partial charge is 0.416 e. The zero-order chi connectivity index (χ0) is 24.0. The zero-order valence-corrected chi connectivity index (χ0v) is 19.9. The number of carbonyl (C=O) groups is 1. The monoisotopic (exact) mass is 549 g/mol. The number of carbonyl (C=O) groups excluding carboxylic acids is 1. The van der Waals surface area contributed by atoms with Crippen LogP contribution in [0, 0.1) is 0 Å². The van der Waals surface area contributed by atoms with Gasteiger partial charge in [-0.05, 0) is 52.7 Å². The average molecular weight is 550 g/mol. The standard InChI is InChI=1S/C18H19BrF3N7O3S/c1-3-31-14(30)10-29-26-15(23-27-29)16-24-25-17(33-16)28(2)7-4-8-32-13-9-11(18(20,21)22)5-6-12(13)19/h5-6,9H,3-4,7-8,10H2,1-2H3. The summed E-state index contributed by atoms with van der Waals surface area (Å²) < 4.78 is 49.4. The second kappa shape index (κ2) is 10.9. The van der Waals surface area contributed by atoms with E-state index in [0.717, 1.165) is 16.9 Å². The Labute approximate surface area is 198 Å². The first kappa shape index (κ1) is 24.8. The Hall–Kier alpha value is -2.81. The Morgan fingerprint density at radius 2 is 2.06 bits per heavy atom. The Bertz CT molecular complexity index is 1090. The number of hydrogen-bond donors (Lipinski definition) is 0. The van der Waals surface area contributed by atoms with Gasteiger partial charge in [0, 0.05) is 13.6 Å². The molecule has 3 aromatic rings. The summed E-state index contributed by atoms with van der Waals surface area (Å²) in [6.07, 6.45) is -3.91. The van der Waals surface area contributed by atoms with E-state index in [4.69, 9.17) is 9.47 Å². The molecule has 1 aromatic carbocycles. The van der Waals surface area contributed by atoms with Crippen LogP contribution >= 0.6 is 27.3 Å². The number of anilines is 1. The van der Waals surface area contributed by atoms with Crippen LogP contribution in [-0.2, 0) is 22.3 Å². The van der Waals surface area contributed by atoms with Crippen molar-refractivity contribution in [3.8, 4) is 16.6 Å². The molecule has 2 heterocycles. The molecule has 0 aliphatic carbocycles. The van der Waals surface area contributed by atoms with E-state index in [9.17, 15) is 18.0 Å². The molecule has 0 aliphatic heterocycles. The molecule has 0 spiro atoms. The number of alkyl halides is 3. The first-order chi connectivity index (χ1) is 15.7. The number of nitrogens with zero attached hydrogens (tertiary/aromatic N) is 7. The Morgan fingerprint density at radius 3 is 2.79 bits per heavy atom. The van der Waals surface area contributed by atoms with Crippen molar-refractivity contribution in [2.45, 2.75) is 26.1 Å². The van der Waals surface area contributed by atoms with Crippen LogP contribution in [0.15, 0.2) is 22.7 Å². The van der Waals surface area contributed by atoms with Crippen molar-refractivity contribution >= 4 is 38.4 Å². The fraction of sp³-hybridized carbons (Fsp3) is 0.444. The minimum Gasteiger partial charge on any atom is -0.492 e. The average Bonchev–Trinajstić information content (AvgIpc) is 3.41. The third kappa shape index (κ3) is 6.83. The molecule has 178 valence electrons. The second-order valence-corrected chi connectivity index (χ2v) is 8.42. The molecule has 0 saturated carbocycles. The Morgan fingerprint density at radius 1 is 1.27 bits per heavy atom. The van der Waals surface area contributed by atoms with Gasteiger partial charge in [0.05, 0.1) is 23.2 Å². The number of tetrazole rings is 1. The van der Waals surface area contributed by atoms with Crippen molar-refractivity contribution in [3.63, 3.8) is 0 Å². The van der Waals surface area contributed by atoms with Gasteiger partial charge in [0.1, 0.15) is 5.75 Å². The van der Waals surface area contributed by atoms with Crippen LogP contribution in [0.3, 0.4) is 0 Å². The van der Waals surface area contributed by atoms with Crippen LogP contribution in [0.25, 0.3) is 10.8 Å². The third-order valence-electron chi connectivity index (χ3n) is 4.11. The molecular weight excluding hydrogens is 531 g/mol. The van der Waals surface area contributed by atoms with Crippen LogP contribution in [-0.4, -0.2) is 63.2 Å². The normalized spacial score (nSPS) is 11.5. The Kier molecular flexibility index (Phi) is 8.18. The highest BCUT2D eigenvalue weighted by molar-refractivity contribution is 9.10. The van der Waals surface area contributed by atoms with E-state index in [1.165, 1.54) is 17.4 Å². The zero-order valence-electron chi connectivity index (χ0n) is 17.5. The minimum atomic E-state index is -4.44. The summed E-state index contributed by atoms with van der Waals surface area (Å²) in [7, 11) is 1.80. The van der Waals surface area contributed by atoms with Gasteiger partial charge >= 0.3 is 12.1 Å². The van der Waals surface area contributed by atoms with Crippen LogP contribution < -0.4 is 9.64 Å². The molecule has 0 atom stereocenters. The van der Waals surface area contributed by atoms with Crippen LogP contribution in [0.1, 0.15) is 18.9 Å². The van der Waals surface area contributed by atoms with E-state index in [-0.39, 0.29) is 31.3 Å². The molecule has 33 heavy (non-hydrogen) atoms. The summed E-state index contributed by atoms with van der Waals surface area (Å²) in [5, 5.41) is 20.9. The van der Waals surface area contributed by atoms with Gasteiger partial charge in [0.15, 0.2) is 11.6 Å². The lowest BCUT2D eigenvalue weighted by molar-refractivity contribution is -0.144. The summed E-state index contributed by atoms with van der Waals surface area (Å²) >= 11 is 4.43. The highest BCUT2D eigenvalue weighted by atomic mass is 79.9. The fourth-order valence-electron chi connectivity index (χ4n) is 2.55. The predicted octanol–water partition coefficient (Wildman–Crippen LogP) is 3.44. The van der Waals surface area contributed by atoms with Crippen LogP contribution in [0.5, 0.6) is 5.75 Å². The molecule has 3 rings (SSSR count). The SMILES string of the molecule is CCOC(=O)Cn1nnc(-c2nnc(N(C)CCCOc3cc(C(F)(F)F)ccc3Br)s2)n1. The third-order valence-corrected chi connectivity index (χ3v) is 5.80. The van der Waals surface area contributed by atoms with Gasteiger partial charge in [-0.1, -0.05) is 11.3 Å².